The van der Waals surface area contributed by atoms with Crippen molar-refractivity contribution in [3.8, 4) is 0 Å². The Morgan fingerprint density at radius 1 is 1.33 bits per heavy atom. The van der Waals surface area contributed by atoms with Gasteiger partial charge < -0.3 is 10.4 Å². The zero-order chi connectivity index (χ0) is 15.9. The lowest BCUT2D eigenvalue weighted by Gasteiger charge is -2.15. The Morgan fingerprint density at radius 3 is 2.62 bits per heavy atom. The third-order valence-electron chi connectivity index (χ3n) is 3.66. The molecule has 0 unspecified atom stereocenters. The number of carbonyl (C=O) groups is 1. The van der Waals surface area contributed by atoms with E-state index in [1.54, 1.807) is 13.8 Å². The number of hydrogen-bond acceptors (Lipinski definition) is 4. The van der Waals surface area contributed by atoms with Gasteiger partial charge in [0.15, 0.2) is 5.13 Å². The molecule has 1 aromatic heterocycles. The van der Waals surface area contributed by atoms with Gasteiger partial charge in [0.05, 0.1) is 5.69 Å². The van der Waals surface area contributed by atoms with Gasteiger partial charge in [-0.2, -0.15) is 0 Å². The van der Waals surface area contributed by atoms with Crippen molar-refractivity contribution < 1.29 is 9.90 Å². The number of thiazole rings is 1. The van der Waals surface area contributed by atoms with E-state index in [1.165, 1.54) is 37.0 Å². The number of unbranched alkanes of at least 4 members (excludes halogenated alkanes) is 3. The van der Waals surface area contributed by atoms with Crippen molar-refractivity contribution >= 4 is 22.4 Å². The Bertz CT molecular complexity index is 441. The van der Waals surface area contributed by atoms with Crippen LogP contribution in [-0.4, -0.2) is 22.6 Å². The second kappa shape index (κ2) is 8.37. The summed E-state index contributed by atoms with van der Waals surface area (Å²) in [5, 5.41) is 15.1. The predicted octanol–water partition coefficient (Wildman–Crippen LogP) is 4.52. The lowest BCUT2D eigenvalue weighted by molar-refractivity contribution is -0.142. The molecule has 21 heavy (non-hydrogen) atoms. The van der Waals surface area contributed by atoms with Crippen LogP contribution in [0.4, 0.5) is 5.13 Å². The molecule has 0 fully saturated rings. The summed E-state index contributed by atoms with van der Waals surface area (Å²) in [4.78, 5) is 15.6. The van der Waals surface area contributed by atoms with Crippen LogP contribution in [-0.2, 0) is 10.2 Å². The van der Waals surface area contributed by atoms with Gasteiger partial charge in [0.1, 0.15) is 5.41 Å². The highest BCUT2D eigenvalue weighted by Gasteiger charge is 2.32. The van der Waals surface area contributed by atoms with E-state index in [-0.39, 0.29) is 0 Å². The fraction of sp³-hybridized carbons (Fsp3) is 0.750. The van der Waals surface area contributed by atoms with Crippen molar-refractivity contribution in [2.45, 2.75) is 65.2 Å². The van der Waals surface area contributed by atoms with Gasteiger partial charge >= 0.3 is 5.97 Å². The fourth-order valence-corrected chi connectivity index (χ4v) is 2.89. The molecule has 0 aliphatic heterocycles. The Morgan fingerprint density at radius 2 is 2.00 bits per heavy atom. The molecule has 0 saturated carbocycles. The molecule has 1 aromatic rings. The minimum atomic E-state index is -0.923. The Labute approximate surface area is 132 Å². The number of aliphatic carboxylic acids is 1. The summed E-state index contributed by atoms with van der Waals surface area (Å²) in [5.74, 6) is -0.0426. The third-order valence-corrected chi connectivity index (χ3v) is 4.46. The molecule has 0 spiro atoms. The minimum Gasteiger partial charge on any atom is -0.481 e. The minimum absolute atomic E-state index is 0.624. The predicted molar refractivity (Wildman–Crippen MR) is 89.2 cm³/mol. The molecule has 0 aliphatic rings. The van der Waals surface area contributed by atoms with Gasteiger partial charge in [0.25, 0.3) is 0 Å². The van der Waals surface area contributed by atoms with Crippen LogP contribution >= 0.6 is 11.3 Å². The van der Waals surface area contributed by atoms with Crippen molar-refractivity contribution in [2.75, 3.05) is 11.9 Å². The summed E-state index contributed by atoms with van der Waals surface area (Å²) in [7, 11) is 0. The second-order valence-electron chi connectivity index (χ2n) is 6.49. The lowest BCUT2D eigenvalue weighted by Crippen LogP contribution is -2.28. The number of nitrogens with one attached hydrogen (secondary N) is 1. The van der Waals surface area contributed by atoms with E-state index in [2.05, 4.69) is 24.1 Å². The molecule has 0 aliphatic carbocycles. The Kier molecular flexibility index (Phi) is 7.15. The molecule has 0 bridgehead atoms. The fourth-order valence-electron chi connectivity index (χ4n) is 1.98. The molecule has 1 heterocycles. The first-order valence-electron chi connectivity index (χ1n) is 7.77. The maximum absolute atomic E-state index is 11.2. The van der Waals surface area contributed by atoms with E-state index in [0.717, 1.165) is 24.0 Å². The van der Waals surface area contributed by atoms with Crippen molar-refractivity contribution in [3.05, 3.63) is 11.1 Å². The molecule has 2 N–H and O–H groups in total. The number of anilines is 1. The van der Waals surface area contributed by atoms with Gasteiger partial charge in [-0.05, 0) is 26.2 Å². The Hall–Kier alpha value is -1.10. The molecule has 4 nitrogen and oxygen atoms in total. The van der Waals surface area contributed by atoms with Gasteiger partial charge in [0, 0.05) is 11.9 Å². The molecule has 0 radical (unpaired) electrons. The first-order valence-corrected chi connectivity index (χ1v) is 8.65. The number of nitrogens with zero attached hydrogens (tertiary/aromatic N) is 1. The first-order chi connectivity index (χ1) is 9.84. The number of hydrogen-bond donors (Lipinski definition) is 2. The van der Waals surface area contributed by atoms with Gasteiger partial charge in [-0.25, -0.2) is 4.98 Å². The summed E-state index contributed by atoms with van der Waals surface area (Å²) < 4.78 is 0. The number of carboxylic acids is 1. The van der Waals surface area contributed by atoms with Crippen molar-refractivity contribution in [3.63, 3.8) is 0 Å². The van der Waals surface area contributed by atoms with Crippen LogP contribution in [0.1, 0.15) is 65.5 Å². The second-order valence-corrected chi connectivity index (χ2v) is 7.35. The summed E-state index contributed by atoms with van der Waals surface area (Å²) in [6, 6.07) is 0. The average Bonchev–Trinajstić information content (AvgIpc) is 2.86. The standard InChI is InChI=1S/C16H28N2O2S/c1-12(2)9-7-5-6-8-10-17-15-18-13(11-21-15)16(3,4)14(19)20/h11-12H,5-10H2,1-4H3,(H,17,18)(H,19,20). The van der Waals surface area contributed by atoms with E-state index >= 15 is 0 Å². The molecule has 1 rings (SSSR count). The zero-order valence-electron chi connectivity index (χ0n) is 13.6. The SMILES string of the molecule is CC(C)CCCCCCNc1nc(C(C)(C)C(=O)O)cs1. The van der Waals surface area contributed by atoms with Crippen LogP contribution in [0.25, 0.3) is 0 Å². The quantitative estimate of drug-likeness (QED) is 0.623. The lowest BCUT2D eigenvalue weighted by atomic mass is 9.90. The molecular formula is C16H28N2O2S. The topological polar surface area (TPSA) is 62.2 Å². The smallest absolute Gasteiger partial charge is 0.315 e. The van der Waals surface area contributed by atoms with Crippen molar-refractivity contribution in [1.29, 1.82) is 0 Å². The highest BCUT2D eigenvalue weighted by atomic mass is 32.1. The highest BCUT2D eigenvalue weighted by molar-refractivity contribution is 7.13. The Balaban J connectivity index is 2.25. The summed E-state index contributed by atoms with van der Waals surface area (Å²) >= 11 is 1.48. The van der Waals surface area contributed by atoms with Crippen LogP contribution in [0, 0.1) is 5.92 Å². The molecule has 0 saturated heterocycles. The molecule has 0 amide bonds. The van der Waals surface area contributed by atoms with E-state index in [1.807, 2.05) is 5.38 Å². The van der Waals surface area contributed by atoms with E-state index < -0.39 is 11.4 Å². The maximum atomic E-state index is 11.2. The van der Waals surface area contributed by atoms with Gasteiger partial charge in [-0.1, -0.05) is 39.5 Å². The molecular weight excluding hydrogens is 284 g/mol. The van der Waals surface area contributed by atoms with Crippen LogP contribution in [0.2, 0.25) is 0 Å². The highest BCUT2D eigenvalue weighted by Crippen LogP contribution is 2.27. The zero-order valence-corrected chi connectivity index (χ0v) is 14.4. The molecule has 120 valence electrons. The number of carboxylic acid groups (broad SMARTS) is 1. The monoisotopic (exact) mass is 312 g/mol. The van der Waals surface area contributed by atoms with Crippen LogP contribution in [0.3, 0.4) is 0 Å². The largest absolute Gasteiger partial charge is 0.481 e. The number of aromatic nitrogens is 1. The van der Waals surface area contributed by atoms with Crippen LogP contribution in [0.5, 0.6) is 0 Å². The first kappa shape index (κ1) is 18.0. The number of rotatable bonds is 10. The molecule has 0 aromatic carbocycles. The van der Waals surface area contributed by atoms with Crippen LogP contribution < -0.4 is 5.32 Å². The molecule has 0 atom stereocenters. The average molecular weight is 312 g/mol. The summed E-state index contributed by atoms with van der Waals surface area (Å²) in [6.45, 7) is 8.80. The van der Waals surface area contributed by atoms with Crippen molar-refractivity contribution in [2.24, 2.45) is 5.92 Å². The van der Waals surface area contributed by atoms with E-state index in [9.17, 15) is 9.90 Å². The molecule has 5 heteroatoms. The van der Waals surface area contributed by atoms with E-state index in [0.29, 0.717) is 5.69 Å². The summed E-state index contributed by atoms with van der Waals surface area (Å²) in [6.07, 6.45) is 6.28. The van der Waals surface area contributed by atoms with Gasteiger partial charge in [-0.15, -0.1) is 11.3 Å². The van der Waals surface area contributed by atoms with E-state index in [4.69, 9.17) is 0 Å². The third kappa shape index (κ3) is 6.04. The van der Waals surface area contributed by atoms with Crippen LogP contribution in [0.15, 0.2) is 5.38 Å². The van der Waals surface area contributed by atoms with Crippen molar-refractivity contribution in [1.82, 2.24) is 4.98 Å². The normalized spacial score (nSPS) is 11.9. The van der Waals surface area contributed by atoms with Gasteiger partial charge in [0.2, 0.25) is 0 Å². The van der Waals surface area contributed by atoms with Gasteiger partial charge in [-0.3, -0.25) is 4.79 Å². The summed E-state index contributed by atoms with van der Waals surface area (Å²) in [5.41, 5.74) is -0.299. The maximum Gasteiger partial charge on any atom is 0.315 e.